The van der Waals surface area contributed by atoms with Crippen molar-refractivity contribution in [3.05, 3.63) is 40.5 Å². The van der Waals surface area contributed by atoms with Crippen LogP contribution >= 0.6 is 11.3 Å². The van der Waals surface area contributed by atoms with Gasteiger partial charge in [-0.3, -0.25) is 25.2 Å². The van der Waals surface area contributed by atoms with Crippen LogP contribution in [0.25, 0.3) is 10.6 Å². The van der Waals surface area contributed by atoms with E-state index in [1.165, 1.54) is 18.4 Å². The molecule has 2 heterocycles. The molecule has 1 aliphatic carbocycles. The summed E-state index contributed by atoms with van der Waals surface area (Å²) >= 11 is 1.22. The average molecular weight is 610 g/mol. The first-order chi connectivity index (χ1) is 20.8. The van der Waals surface area contributed by atoms with Crippen molar-refractivity contribution in [2.24, 2.45) is 11.8 Å². The van der Waals surface area contributed by atoms with Crippen LogP contribution in [0.2, 0.25) is 0 Å². The van der Waals surface area contributed by atoms with Crippen LogP contribution in [0, 0.1) is 29.6 Å². The van der Waals surface area contributed by atoms with Gasteiger partial charge in [-0.15, -0.1) is 11.3 Å². The van der Waals surface area contributed by atoms with Crippen LogP contribution in [0.3, 0.4) is 0 Å². The number of hydrogen-bond acceptors (Lipinski definition) is 10. The Balaban J connectivity index is 1.59. The highest BCUT2D eigenvalue weighted by atomic mass is 32.1. The van der Waals surface area contributed by atoms with Gasteiger partial charge in [-0.2, -0.15) is 0 Å². The number of benzene rings is 1. The third-order valence-electron chi connectivity index (χ3n) is 7.08. The maximum Gasteiger partial charge on any atom is 0.269 e. The Morgan fingerprint density at radius 1 is 1.20 bits per heavy atom. The van der Waals surface area contributed by atoms with Gasteiger partial charge in [0.05, 0.1) is 53.3 Å². The van der Waals surface area contributed by atoms with Crippen molar-refractivity contribution in [3.8, 4) is 16.3 Å². The Morgan fingerprint density at radius 2 is 1.93 bits per heavy atom. The zero-order chi connectivity index (χ0) is 32.2. The second-order valence-electron chi connectivity index (χ2n) is 11.1. The highest BCUT2D eigenvalue weighted by Crippen LogP contribution is 2.39. The van der Waals surface area contributed by atoms with E-state index in [1.807, 2.05) is 0 Å². The fourth-order valence-corrected chi connectivity index (χ4v) is 5.72. The van der Waals surface area contributed by atoms with E-state index in [4.69, 9.17) is 39.1 Å². The number of anilines is 1. The van der Waals surface area contributed by atoms with Crippen LogP contribution in [-0.4, -0.2) is 102 Å². The predicted molar refractivity (Wildman–Crippen MR) is 173 cm³/mol. The minimum atomic E-state index is -2.10. The number of aryl methyl sites for hydroxylation is 1. The Kier molecular flexibility index (Phi) is 10.4. The average Bonchev–Trinajstić information content (AvgIpc) is 3.62. The Morgan fingerprint density at radius 3 is 2.55 bits per heavy atom. The molecule has 1 unspecified atom stereocenters. The van der Waals surface area contributed by atoms with Gasteiger partial charge in [-0.05, 0) is 57.8 Å². The SMILES string of the molecule is [B]C([B])([B])NC(=O)C(=N)/C(=C\C(=N)NC(=O)C1CC1)Nc1cccc(-c2nc(C)c(C(=O)NCC3CCN(C)C3)s2)c1OC. The second-order valence-corrected chi connectivity index (χ2v) is 12.1. The number of nitrogens with zero attached hydrogens (tertiary/aromatic N) is 2. The van der Waals surface area contributed by atoms with E-state index in [9.17, 15) is 14.4 Å². The van der Waals surface area contributed by atoms with Crippen molar-refractivity contribution in [2.45, 2.75) is 31.4 Å². The highest BCUT2D eigenvalue weighted by Gasteiger charge is 2.30. The number of nitrogens with one attached hydrogen (secondary N) is 6. The number of carbonyl (C=O) groups is 3. The fourth-order valence-electron chi connectivity index (χ4n) is 4.71. The summed E-state index contributed by atoms with van der Waals surface area (Å²) in [6, 6.07) is 5.11. The van der Waals surface area contributed by atoms with Gasteiger partial charge in [0.2, 0.25) is 5.91 Å². The van der Waals surface area contributed by atoms with Crippen LogP contribution in [0.5, 0.6) is 5.75 Å². The summed E-state index contributed by atoms with van der Waals surface area (Å²) in [4.78, 5) is 45.3. The molecule has 2 aromatic rings. The van der Waals surface area contributed by atoms with Crippen molar-refractivity contribution in [3.63, 3.8) is 0 Å². The van der Waals surface area contributed by atoms with Crippen molar-refractivity contribution in [2.75, 3.05) is 39.1 Å². The molecule has 16 heteroatoms. The van der Waals surface area contributed by atoms with Gasteiger partial charge >= 0.3 is 0 Å². The summed E-state index contributed by atoms with van der Waals surface area (Å²) in [5, 5.41) is 25.7. The molecule has 2 fully saturated rings. The summed E-state index contributed by atoms with van der Waals surface area (Å²) < 4.78 is 5.71. The Hall–Kier alpha value is -3.91. The van der Waals surface area contributed by atoms with Crippen LogP contribution in [0.1, 0.15) is 34.6 Å². The molecule has 6 radical (unpaired) electrons. The summed E-state index contributed by atoms with van der Waals surface area (Å²) in [6.45, 7) is 4.31. The highest BCUT2D eigenvalue weighted by molar-refractivity contribution is 7.17. The van der Waals surface area contributed by atoms with E-state index >= 15 is 0 Å². The molecule has 12 nitrogen and oxygen atoms in total. The van der Waals surface area contributed by atoms with Crippen LogP contribution in [0.4, 0.5) is 5.69 Å². The second kappa shape index (κ2) is 13.8. The first-order valence-electron chi connectivity index (χ1n) is 14.0. The van der Waals surface area contributed by atoms with Gasteiger partial charge in [-0.25, -0.2) is 4.98 Å². The van der Waals surface area contributed by atoms with Gasteiger partial charge in [0, 0.05) is 25.1 Å². The van der Waals surface area contributed by atoms with Gasteiger partial charge < -0.3 is 30.9 Å². The molecular formula is C28H33B3N8O4S. The lowest BCUT2D eigenvalue weighted by molar-refractivity contribution is -0.120. The zero-order valence-electron chi connectivity index (χ0n) is 24.9. The third-order valence-corrected chi connectivity index (χ3v) is 8.27. The molecule has 0 spiro atoms. The molecule has 0 bridgehead atoms. The topological polar surface area (TPSA) is 172 Å². The number of thiazole rings is 1. The Labute approximate surface area is 264 Å². The number of rotatable bonds is 12. The number of ether oxygens (including phenoxy) is 1. The van der Waals surface area contributed by atoms with E-state index in [0.29, 0.717) is 45.0 Å². The summed E-state index contributed by atoms with van der Waals surface area (Å²) in [5.74, 6) is -1.33. The van der Waals surface area contributed by atoms with E-state index in [0.717, 1.165) is 38.4 Å². The van der Waals surface area contributed by atoms with Crippen LogP contribution in [-0.2, 0) is 9.59 Å². The Bertz CT molecular complexity index is 1500. The molecule has 2 aliphatic rings. The number of para-hydroxylation sites is 1. The van der Waals surface area contributed by atoms with Gasteiger partial charge in [0.15, 0.2) is 5.75 Å². The van der Waals surface area contributed by atoms with Crippen molar-refractivity contribution in [1.82, 2.24) is 25.8 Å². The lowest BCUT2D eigenvalue weighted by atomic mass is 9.49. The molecule has 44 heavy (non-hydrogen) atoms. The lowest BCUT2D eigenvalue weighted by Gasteiger charge is -2.23. The number of carbonyl (C=O) groups excluding carboxylic acids is 3. The molecule has 1 atom stereocenters. The minimum absolute atomic E-state index is 0.162. The zero-order valence-corrected chi connectivity index (χ0v) is 25.7. The number of methoxy groups -OCH3 is 1. The first-order valence-corrected chi connectivity index (χ1v) is 14.8. The van der Waals surface area contributed by atoms with E-state index in [1.54, 1.807) is 25.1 Å². The van der Waals surface area contributed by atoms with Crippen molar-refractivity contribution in [1.29, 1.82) is 10.8 Å². The first kappa shape index (κ1) is 33.0. The number of amides is 3. The van der Waals surface area contributed by atoms with E-state index in [-0.39, 0.29) is 29.3 Å². The molecule has 6 N–H and O–H groups in total. The third kappa shape index (κ3) is 8.60. The molecule has 1 saturated heterocycles. The van der Waals surface area contributed by atoms with Crippen LogP contribution in [0.15, 0.2) is 30.0 Å². The fraction of sp³-hybridized carbons (Fsp3) is 0.429. The van der Waals surface area contributed by atoms with Gasteiger partial charge in [-0.1, -0.05) is 11.3 Å². The van der Waals surface area contributed by atoms with E-state index in [2.05, 4.69) is 38.2 Å². The van der Waals surface area contributed by atoms with E-state index < -0.39 is 16.9 Å². The maximum atomic E-state index is 13.0. The quantitative estimate of drug-likeness (QED) is 0.118. The van der Waals surface area contributed by atoms with Gasteiger partial charge in [0.1, 0.15) is 21.4 Å². The van der Waals surface area contributed by atoms with Crippen molar-refractivity contribution >= 4 is 69.8 Å². The maximum absolute atomic E-state index is 13.0. The minimum Gasteiger partial charge on any atom is -0.494 e. The molecule has 4 rings (SSSR count). The van der Waals surface area contributed by atoms with Crippen LogP contribution < -0.4 is 26.0 Å². The molecule has 224 valence electrons. The standard InChI is InChI=1S/C28H33B3N8O4S/c1-14-23(26(42)34-12-15-9-10-39(2)13-15)44-27(35-14)17-5-4-6-18(22(17)43-3)36-19(21(33)25(41)38-28(29,30)31)11-20(32)37-24(40)16-7-8-16/h4-6,11,15-16,33,36H,7-10,12-13H2,1-3H3,(H,34,42)(H,38,41)(H2,32,37,40)/b19-11+,33-21?. The molecule has 1 saturated carbocycles. The lowest BCUT2D eigenvalue weighted by Crippen LogP contribution is -2.52. The summed E-state index contributed by atoms with van der Waals surface area (Å²) in [5.41, 5.74) is 0.611. The molecule has 3 amide bonds. The number of amidine groups is 1. The summed E-state index contributed by atoms with van der Waals surface area (Å²) in [7, 11) is 20.0. The molecule has 1 aromatic carbocycles. The number of aromatic nitrogens is 1. The largest absolute Gasteiger partial charge is 0.494 e. The molecular weight excluding hydrogens is 577 g/mol. The van der Waals surface area contributed by atoms with Crippen molar-refractivity contribution < 1.29 is 19.1 Å². The number of likely N-dealkylation sites (tertiary alicyclic amines) is 1. The molecule has 1 aromatic heterocycles. The van der Waals surface area contributed by atoms with Gasteiger partial charge in [0.25, 0.3) is 11.8 Å². The summed E-state index contributed by atoms with van der Waals surface area (Å²) in [6.07, 6.45) is 3.63. The smallest absolute Gasteiger partial charge is 0.269 e. The monoisotopic (exact) mass is 610 g/mol. The number of hydrogen-bond donors (Lipinski definition) is 6. The predicted octanol–water partition coefficient (Wildman–Crippen LogP) is 0.861. The normalized spacial score (nSPS) is 17.1. The molecule has 1 aliphatic heterocycles.